The molecule has 1 unspecified atom stereocenters. The lowest BCUT2D eigenvalue weighted by molar-refractivity contribution is -0.120. The topological polar surface area (TPSA) is 118 Å². The molecule has 46 heavy (non-hydrogen) atoms. The van der Waals surface area contributed by atoms with Gasteiger partial charge in [0.05, 0.1) is 17.3 Å². The van der Waals surface area contributed by atoms with E-state index in [0.29, 0.717) is 42.9 Å². The van der Waals surface area contributed by atoms with E-state index in [0.717, 1.165) is 30.4 Å². The molecule has 2 amide bonds. The number of halogens is 1. The van der Waals surface area contributed by atoms with Gasteiger partial charge in [0.25, 0.3) is 0 Å². The highest BCUT2D eigenvalue weighted by atomic mass is 32.2. The standard InChI is InChI=1S/C36H41FN4O4S/c1-35(2,3)46(44)40-36(19-18-25-14-15-25,28-12-7-11-27(21-28)23-38)29-16-17-30(37)31(22-29)39-33(42)32-13-8-20-41(32)34(43)45-24-26-9-5-4-6-10-26/h4-7,9-12,16-17,21-22,25,32,40H,8,13-15,18-20,24H2,1-3H3,(H,39,42)/t32-,36?,46-/m1/s1. The van der Waals surface area contributed by atoms with Crippen molar-refractivity contribution in [1.82, 2.24) is 9.62 Å². The smallest absolute Gasteiger partial charge is 0.410 e. The molecule has 1 saturated carbocycles. The van der Waals surface area contributed by atoms with Gasteiger partial charge in [-0.15, -0.1) is 4.72 Å². The third kappa shape index (κ3) is 7.89. The zero-order chi connectivity index (χ0) is 32.9. The number of hydrogen-bond donors (Lipinski definition) is 2. The van der Waals surface area contributed by atoms with Gasteiger partial charge in [-0.1, -0.05) is 61.4 Å². The fourth-order valence-corrected chi connectivity index (χ4v) is 6.74. The molecular weight excluding hydrogens is 603 g/mol. The van der Waals surface area contributed by atoms with E-state index in [2.05, 4.69) is 16.1 Å². The van der Waals surface area contributed by atoms with Crippen LogP contribution >= 0.6 is 0 Å². The van der Waals surface area contributed by atoms with Gasteiger partial charge in [0.1, 0.15) is 28.8 Å². The number of nitrogens with one attached hydrogen (secondary N) is 2. The number of nitriles is 1. The Morgan fingerprint density at radius 3 is 2.48 bits per heavy atom. The molecular formula is C36H41FN4O4S. The minimum absolute atomic E-state index is 0.0393. The molecule has 1 heterocycles. The van der Waals surface area contributed by atoms with Crippen LogP contribution in [0.1, 0.15) is 81.5 Å². The average molecular weight is 645 g/mol. The van der Waals surface area contributed by atoms with E-state index >= 15 is 4.39 Å². The van der Waals surface area contributed by atoms with E-state index in [1.54, 1.807) is 30.3 Å². The molecule has 3 aromatic carbocycles. The lowest BCUT2D eigenvalue weighted by atomic mass is 9.79. The molecule has 1 aliphatic carbocycles. The Balaban J connectivity index is 1.45. The van der Waals surface area contributed by atoms with Gasteiger partial charge in [-0.25, -0.2) is 9.18 Å². The van der Waals surface area contributed by atoms with Crippen molar-refractivity contribution in [1.29, 1.82) is 5.26 Å². The fourth-order valence-electron chi connectivity index (χ4n) is 5.78. The molecule has 3 atom stereocenters. The highest BCUT2D eigenvalue weighted by Gasteiger charge is 2.44. The van der Waals surface area contributed by atoms with Gasteiger partial charge in [0.2, 0.25) is 5.91 Å². The summed E-state index contributed by atoms with van der Waals surface area (Å²) in [4.78, 5) is 27.9. The van der Waals surface area contributed by atoms with Crippen LogP contribution in [0.25, 0.3) is 0 Å². The quantitative estimate of drug-likeness (QED) is 0.219. The zero-order valence-corrected chi connectivity index (χ0v) is 27.4. The Labute approximate surface area is 273 Å². The lowest BCUT2D eigenvalue weighted by Gasteiger charge is -2.39. The molecule has 0 radical (unpaired) electrons. The van der Waals surface area contributed by atoms with Gasteiger partial charge in [-0.3, -0.25) is 9.69 Å². The lowest BCUT2D eigenvalue weighted by Crippen LogP contribution is -2.52. The molecule has 1 saturated heterocycles. The van der Waals surface area contributed by atoms with Crippen LogP contribution in [-0.2, 0) is 33.0 Å². The molecule has 242 valence electrons. The molecule has 3 aromatic rings. The number of benzene rings is 3. The normalized spacial score (nSPS) is 18.3. The highest BCUT2D eigenvalue weighted by Crippen LogP contribution is 2.43. The molecule has 10 heteroatoms. The van der Waals surface area contributed by atoms with Crippen LogP contribution in [0.2, 0.25) is 0 Å². The number of carbonyl (C=O) groups excluding carboxylic acids is 2. The number of likely N-dealkylation sites (tertiary alicyclic amines) is 1. The molecule has 0 aromatic heterocycles. The molecule has 2 aliphatic rings. The summed E-state index contributed by atoms with van der Waals surface area (Å²) in [5, 5.41) is 12.4. The summed E-state index contributed by atoms with van der Waals surface area (Å²) < 4.78 is 37.4. The molecule has 0 bridgehead atoms. The average Bonchev–Trinajstić information content (AvgIpc) is 3.75. The van der Waals surface area contributed by atoms with E-state index in [1.807, 2.05) is 57.2 Å². The summed E-state index contributed by atoms with van der Waals surface area (Å²) in [6.07, 6.45) is 4.07. The van der Waals surface area contributed by atoms with Crippen molar-refractivity contribution in [2.45, 2.75) is 82.2 Å². The Morgan fingerprint density at radius 1 is 1.04 bits per heavy atom. The van der Waals surface area contributed by atoms with E-state index in [1.165, 1.54) is 11.0 Å². The first-order valence-electron chi connectivity index (χ1n) is 15.8. The first kappa shape index (κ1) is 33.5. The molecule has 2 fully saturated rings. The van der Waals surface area contributed by atoms with Crippen LogP contribution in [0, 0.1) is 23.1 Å². The van der Waals surface area contributed by atoms with Crippen LogP contribution in [0.3, 0.4) is 0 Å². The third-order valence-corrected chi connectivity index (χ3v) is 10.3. The summed E-state index contributed by atoms with van der Waals surface area (Å²) in [7, 11) is 0. The second-order valence-corrected chi connectivity index (χ2v) is 15.1. The van der Waals surface area contributed by atoms with E-state index in [9.17, 15) is 19.4 Å². The number of hydrogen-bond acceptors (Lipinski definition) is 6. The van der Waals surface area contributed by atoms with Crippen molar-refractivity contribution in [2.24, 2.45) is 5.92 Å². The zero-order valence-electron chi connectivity index (χ0n) is 26.6. The van der Waals surface area contributed by atoms with Gasteiger partial charge < -0.3 is 14.6 Å². The maximum absolute atomic E-state index is 15.4. The second-order valence-electron chi connectivity index (χ2n) is 13.1. The summed E-state index contributed by atoms with van der Waals surface area (Å²) in [5.74, 6) is -0.600. The van der Waals surface area contributed by atoms with Gasteiger partial charge in [-0.05, 0) is 93.3 Å². The first-order valence-corrected chi connectivity index (χ1v) is 16.9. The van der Waals surface area contributed by atoms with Gasteiger partial charge in [0.15, 0.2) is 0 Å². The monoisotopic (exact) mass is 644 g/mol. The third-order valence-electron chi connectivity index (χ3n) is 8.64. The van der Waals surface area contributed by atoms with Gasteiger partial charge >= 0.3 is 6.09 Å². The predicted molar refractivity (Wildman–Crippen MR) is 176 cm³/mol. The van der Waals surface area contributed by atoms with Crippen LogP contribution in [0.15, 0.2) is 72.8 Å². The van der Waals surface area contributed by atoms with Crippen molar-refractivity contribution in [3.63, 3.8) is 0 Å². The molecule has 2 N–H and O–H groups in total. The van der Waals surface area contributed by atoms with Crippen LogP contribution < -0.4 is 10.0 Å². The summed E-state index contributed by atoms with van der Waals surface area (Å²) in [5.41, 5.74) is 1.55. The summed E-state index contributed by atoms with van der Waals surface area (Å²) >= 11 is -1.53. The van der Waals surface area contributed by atoms with Crippen molar-refractivity contribution >= 4 is 29.0 Å². The minimum atomic E-state index is -1.53. The number of amides is 2. The predicted octanol–water partition coefficient (Wildman–Crippen LogP) is 6.92. The number of rotatable bonds is 11. The minimum Gasteiger partial charge on any atom is -0.598 e. The van der Waals surface area contributed by atoms with Crippen LogP contribution in [0.4, 0.5) is 14.9 Å². The number of ether oxygens (including phenoxy) is 1. The van der Waals surface area contributed by atoms with E-state index in [4.69, 9.17) is 4.74 Å². The number of nitrogens with zero attached hydrogens (tertiary/aromatic N) is 2. The number of anilines is 1. The largest absolute Gasteiger partial charge is 0.598 e. The van der Waals surface area contributed by atoms with Crippen molar-refractivity contribution < 1.29 is 23.3 Å². The van der Waals surface area contributed by atoms with E-state index < -0.39 is 45.5 Å². The highest BCUT2D eigenvalue weighted by molar-refractivity contribution is 7.90. The molecule has 5 rings (SSSR count). The van der Waals surface area contributed by atoms with Crippen molar-refractivity contribution in [3.8, 4) is 6.07 Å². The SMILES string of the molecule is CC(C)(C)[S@@+]([O-])NC(CCC1CC1)(c1cccc(C#N)c1)c1ccc(F)c(NC(=O)[C@H]2CCCN2C(=O)OCc2ccccc2)c1. The Morgan fingerprint density at radius 2 is 1.78 bits per heavy atom. The number of carbonyl (C=O) groups is 2. The van der Waals surface area contributed by atoms with Crippen molar-refractivity contribution in [3.05, 3.63) is 101 Å². The fraction of sp³-hybridized carbons (Fsp3) is 0.417. The van der Waals surface area contributed by atoms with Crippen LogP contribution in [-0.4, -0.2) is 38.8 Å². The Hall–Kier alpha value is -3.91. The van der Waals surface area contributed by atoms with Gasteiger partial charge in [0, 0.05) is 17.9 Å². The van der Waals surface area contributed by atoms with Gasteiger partial charge in [-0.2, -0.15) is 5.26 Å². The first-order chi connectivity index (χ1) is 22.0. The Kier molecular flexibility index (Phi) is 10.4. The maximum atomic E-state index is 15.4. The maximum Gasteiger partial charge on any atom is 0.410 e. The summed E-state index contributed by atoms with van der Waals surface area (Å²) in [6, 6.07) is 22.4. The molecule has 8 nitrogen and oxygen atoms in total. The van der Waals surface area contributed by atoms with Crippen molar-refractivity contribution in [2.75, 3.05) is 11.9 Å². The van der Waals surface area contributed by atoms with Crippen LogP contribution in [0.5, 0.6) is 0 Å². The van der Waals surface area contributed by atoms with E-state index in [-0.39, 0.29) is 12.3 Å². The summed E-state index contributed by atoms with van der Waals surface area (Å²) in [6.45, 7) is 6.07. The molecule has 0 spiro atoms. The Bertz CT molecular complexity index is 1590. The second kappa shape index (κ2) is 14.2. The molecule has 1 aliphatic heterocycles.